The predicted octanol–water partition coefficient (Wildman–Crippen LogP) is 4.13. The maximum atomic E-state index is 12.1. The molecule has 4 rings (SSSR count). The third kappa shape index (κ3) is 13.4. The molecule has 266 valence electrons. The Morgan fingerprint density at radius 1 is 0.913 bits per heavy atom. The normalized spacial score (nSPS) is 27.9. The number of carbonyl (C=O) groups excluding carboxylic acids is 2. The standard InChI is InChI=1S/C34H64N6O5S/c1-34(2,3)24-27-32(26-12-8-6-4-5-7-9-13-26)40(39-38-27)17-19-44-21-23-45-22-20-43-18-16-35-30(41)15-11-10-14-29-31-28(25-46-29)36-33(42)37-31/h26-29,31-32,38-39H,4-25H2,1-3H3,(H,35,41)(H2,36,37,42)/t27?,28?,29-,31?,32?/m0/s1. The first kappa shape index (κ1) is 37.7. The zero-order valence-electron chi connectivity index (χ0n) is 28.9. The maximum Gasteiger partial charge on any atom is 0.315 e. The molecule has 0 radical (unpaired) electrons. The molecule has 3 heterocycles. The molecule has 3 aliphatic heterocycles. The Hall–Kier alpha value is -1.15. The van der Waals surface area contributed by atoms with Crippen LogP contribution in [0.2, 0.25) is 0 Å². The molecule has 1 aliphatic carbocycles. The number of nitrogens with one attached hydrogen (secondary N) is 5. The monoisotopic (exact) mass is 668 g/mol. The van der Waals surface area contributed by atoms with Crippen molar-refractivity contribution < 1.29 is 23.8 Å². The molecule has 5 atom stereocenters. The number of hydrazine groups is 2. The maximum absolute atomic E-state index is 12.1. The summed E-state index contributed by atoms with van der Waals surface area (Å²) in [7, 11) is 0. The van der Waals surface area contributed by atoms with E-state index in [-0.39, 0.29) is 29.4 Å². The number of unbranched alkanes of at least 4 members (excludes halogenated alkanes) is 1. The van der Waals surface area contributed by atoms with Gasteiger partial charge in [-0.2, -0.15) is 17.3 Å². The van der Waals surface area contributed by atoms with Gasteiger partial charge in [0.1, 0.15) is 0 Å². The molecule has 11 nitrogen and oxygen atoms in total. The van der Waals surface area contributed by atoms with Crippen LogP contribution < -0.4 is 26.9 Å². The third-order valence-corrected chi connectivity index (χ3v) is 11.3. The van der Waals surface area contributed by atoms with Gasteiger partial charge < -0.3 is 30.2 Å². The summed E-state index contributed by atoms with van der Waals surface area (Å²) in [4.78, 5) is 23.6. The molecule has 0 aromatic carbocycles. The second-order valence-corrected chi connectivity index (χ2v) is 16.1. The molecule has 0 bridgehead atoms. The molecule has 1 saturated carbocycles. The minimum atomic E-state index is -0.0466. The highest BCUT2D eigenvalue weighted by Crippen LogP contribution is 2.34. The first-order valence-electron chi connectivity index (χ1n) is 18.3. The van der Waals surface area contributed by atoms with Crippen LogP contribution in [-0.2, 0) is 19.0 Å². The van der Waals surface area contributed by atoms with E-state index in [2.05, 4.69) is 52.7 Å². The third-order valence-electron chi connectivity index (χ3n) is 9.75. The van der Waals surface area contributed by atoms with Crippen LogP contribution in [0.3, 0.4) is 0 Å². The smallest absolute Gasteiger partial charge is 0.315 e. The van der Waals surface area contributed by atoms with E-state index in [1.165, 1.54) is 51.4 Å². The second kappa shape index (κ2) is 20.4. The van der Waals surface area contributed by atoms with Gasteiger partial charge in [-0.25, -0.2) is 15.2 Å². The topological polar surface area (TPSA) is 125 Å². The van der Waals surface area contributed by atoms with Gasteiger partial charge in [0.15, 0.2) is 0 Å². The fraction of sp³-hybridized carbons (Fsp3) is 0.941. The average Bonchev–Trinajstić information content (AvgIpc) is 3.71. The number of thioether (sulfide) groups is 1. The highest BCUT2D eigenvalue weighted by Gasteiger charge is 2.43. The number of urea groups is 1. The van der Waals surface area contributed by atoms with E-state index in [1.807, 2.05) is 11.8 Å². The lowest BCUT2D eigenvalue weighted by Crippen LogP contribution is -2.46. The molecule has 12 heteroatoms. The van der Waals surface area contributed by atoms with Gasteiger partial charge in [0.25, 0.3) is 0 Å². The van der Waals surface area contributed by atoms with Crippen molar-refractivity contribution in [3.05, 3.63) is 0 Å². The molecule has 0 aromatic heterocycles. The van der Waals surface area contributed by atoms with Gasteiger partial charge in [0.05, 0.1) is 51.7 Å². The molecule has 5 N–H and O–H groups in total. The van der Waals surface area contributed by atoms with Crippen molar-refractivity contribution in [3.63, 3.8) is 0 Å². The van der Waals surface area contributed by atoms with Crippen molar-refractivity contribution in [2.45, 2.75) is 134 Å². The van der Waals surface area contributed by atoms with Crippen LogP contribution in [0.25, 0.3) is 0 Å². The highest BCUT2D eigenvalue weighted by molar-refractivity contribution is 8.00. The predicted molar refractivity (Wildman–Crippen MR) is 184 cm³/mol. The molecule has 0 aromatic rings. The summed E-state index contributed by atoms with van der Waals surface area (Å²) in [5.41, 5.74) is 7.43. The lowest BCUT2D eigenvalue weighted by molar-refractivity contribution is -0.121. The number of ether oxygens (including phenoxy) is 3. The van der Waals surface area contributed by atoms with Crippen molar-refractivity contribution in [1.29, 1.82) is 0 Å². The molecule has 4 unspecified atom stereocenters. The van der Waals surface area contributed by atoms with Gasteiger partial charge in [-0.3, -0.25) is 4.79 Å². The summed E-state index contributed by atoms with van der Waals surface area (Å²) >= 11 is 1.92. The number of fused-ring (bicyclic) bond motifs is 1. The van der Waals surface area contributed by atoms with Gasteiger partial charge in [-0.15, -0.1) is 0 Å². The molecule has 3 amide bonds. The number of rotatable bonds is 19. The van der Waals surface area contributed by atoms with E-state index in [1.54, 1.807) is 0 Å². The van der Waals surface area contributed by atoms with E-state index < -0.39 is 0 Å². The van der Waals surface area contributed by atoms with E-state index in [0.717, 1.165) is 43.9 Å². The van der Waals surface area contributed by atoms with Crippen molar-refractivity contribution in [2.24, 2.45) is 11.3 Å². The zero-order valence-corrected chi connectivity index (χ0v) is 29.7. The lowest BCUT2D eigenvalue weighted by atomic mass is 9.79. The van der Waals surface area contributed by atoms with Crippen LogP contribution in [-0.4, -0.2) is 105 Å². The number of carbonyl (C=O) groups is 2. The molecule has 4 fully saturated rings. The Kier molecular flexibility index (Phi) is 16.7. The highest BCUT2D eigenvalue weighted by atomic mass is 32.2. The number of hydrogen-bond donors (Lipinski definition) is 5. The zero-order chi connectivity index (χ0) is 32.6. The Labute approximate surface area is 282 Å². The van der Waals surface area contributed by atoms with Gasteiger partial charge in [-0.05, 0) is 43.4 Å². The van der Waals surface area contributed by atoms with Crippen LogP contribution in [0.4, 0.5) is 4.79 Å². The first-order chi connectivity index (χ1) is 22.3. The van der Waals surface area contributed by atoms with Gasteiger partial charge in [0, 0.05) is 42.6 Å². The van der Waals surface area contributed by atoms with Crippen molar-refractivity contribution in [3.8, 4) is 0 Å². The van der Waals surface area contributed by atoms with Crippen molar-refractivity contribution in [2.75, 3.05) is 58.5 Å². The fourth-order valence-corrected chi connectivity index (χ4v) is 9.04. The minimum Gasteiger partial charge on any atom is -0.378 e. The van der Waals surface area contributed by atoms with E-state index >= 15 is 0 Å². The van der Waals surface area contributed by atoms with Gasteiger partial charge >= 0.3 is 6.03 Å². The summed E-state index contributed by atoms with van der Waals surface area (Å²) in [6.07, 6.45) is 15.5. The van der Waals surface area contributed by atoms with Crippen LogP contribution in [0.15, 0.2) is 0 Å². The van der Waals surface area contributed by atoms with E-state index in [4.69, 9.17) is 14.2 Å². The lowest BCUT2D eigenvalue weighted by Gasteiger charge is -2.35. The summed E-state index contributed by atoms with van der Waals surface area (Å²) in [6, 6.07) is 1.41. The average molecular weight is 669 g/mol. The molecular weight excluding hydrogens is 604 g/mol. The second-order valence-electron chi connectivity index (χ2n) is 14.8. The first-order valence-corrected chi connectivity index (χ1v) is 19.3. The van der Waals surface area contributed by atoms with Crippen LogP contribution >= 0.6 is 11.8 Å². The van der Waals surface area contributed by atoms with Gasteiger partial charge in [-0.1, -0.05) is 65.7 Å². The van der Waals surface area contributed by atoms with Crippen molar-refractivity contribution in [1.82, 2.24) is 31.9 Å². The number of hydrogen-bond acceptors (Lipinski definition) is 9. The van der Waals surface area contributed by atoms with Crippen molar-refractivity contribution >= 4 is 23.7 Å². The molecular formula is C34H64N6O5S. The van der Waals surface area contributed by atoms with Crippen LogP contribution in [0.5, 0.6) is 0 Å². The summed E-state index contributed by atoms with van der Waals surface area (Å²) < 4.78 is 17.3. The number of nitrogens with zero attached hydrogens (tertiary/aromatic N) is 1. The van der Waals surface area contributed by atoms with Crippen LogP contribution in [0.1, 0.15) is 104 Å². The molecule has 3 saturated heterocycles. The van der Waals surface area contributed by atoms with Crippen LogP contribution in [0, 0.1) is 11.3 Å². The largest absolute Gasteiger partial charge is 0.378 e. The van der Waals surface area contributed by atoms with E-state index in [9.17, 15) is 9.59 Å². The Balaban J connectivity index is 0.970. The Morgan fingerprint density at radius 3 is 2.30 bits per heavy atom. The van der Waals surface area contributed by atoms with Gasteiger partial charge in [0.2, 0.25) is 5.91 Å². The molecule has 0 spiro atoms. The Morgan fingerprint density at radius 2 is 1.59 bits per heavy atom. The summed E-state index contributed by atoms with van der Waals surface area (Å²) in [6.45, 7) is 11.7. The summed E-state index contributed by atoms with van der Waals surface area (Å²) in [5.74, 6) is 1.77. The SMILES string of the molecule is CC(C)(C)CC1NNN(CCOCCOCCOCCNC(=O)CCCC[C@@H]2SCC3NC(=O)NC32)C1C1CCCCCCCC1. The van der Waals surface area contributed by atoms with E-state index in [0.29, 0.717) is 69.9 Å². The summed E-state index contributed by atoms with van der Waals surface area (Å²) in [5, 5.41) is 11.8. The molecule has 4 aliphatic rings. The fourth-order valence-electron chi connectivity index (χ4n) is 7.50. The minimum absolute atomic E-state index is 0.0466. The number of amides is 3. The molecule has 46 heavy (non-hydrogen) atoms. The quantitative estimate of drug-likeness (QED) is 0.102. The Bertz CT molecular complexity index is 885.